The fraction of sp³-hybridized carbons (Fsp3) is 0.667. The van der Waals surface area contributed by atoms with Gasteiger partial charge in [-0.1, -0.05) is 0 Å². The van der Waals surface area contributed by atoms with Gasteiger partial charge in [0, 0.05) is 23.3 Å². The predicted octanol–water partition coefficient (Wildman–Crippen LogP) is 1.50. The molecule has 2 unspecified atom stereocenters. The van der Waals surface area contributed by atoms with Gasteiger partial charge in [-0.2, -0.15) is 0 Å². The van der Waals surface area contributed by atoms with Crippen LogP contribution in [-0.2, 0) is 12.8 Å². The quantitative estimate of drug-likeness (QED) is 0.807. The van der Waals surface area contributed by atoms with Crippen molar-refractivity contribution >= 4 is 5.82 Å². The van der Waals surface area contributed by atoms with E-state index in [1.165, 1.54) is 17.7 Å². The molecule has 0 spiro atoms. The normalized spacial score (nSPS) is 17.9. The number of rotatable bonds is 4. The van der Waals surface area contributed by atoms with Crippen LogP contribution < -0.4 is 11.1 Å². The number of nitrogens with two attached hydrogens (primary N) is 1. The van der Waals surface area contributed by atoms with E-state index in [9.17, 15) is 0 Å². The van der Waals surface area contributed by atoms with E-state index >= 15 is 0 Å². The number of hydrogen-bond donors (Lipinski definition) is 2. The zero-order valence-corrected chi connectivity index (χ0v) is 10.0. The Bertz CT molecular complexity index is 362. The van der Waals surface area contributed by atoms with Gasteiger partial charge < -0.3 is 11.1 Å². The summed E-state index contributed by atoms with van der Waals surface area (Å²) in [6, 6.07) is 0.581. The summed E-state index contributed by atoms with van der Waals surface area (Å²) in [5, 5.41) is 3.44. The number of nitrogens with zero attached hydrogens (tertiary/aromatic N) is 2. The van der Waals surface area contributed by atoms with E-state index < -0.39 is 0 Å². The fourth-order valence-electron chi connectivity index (χ4n) is 2.33. The Morgan fingerprint density at radius 1 is 1.38 bits per heavy atom. The van der Waals surface area contributed by atoms with Gasteiger partial charge in [0.05, 0.1) is 0 Å². The molecule has 0 radical (unpaired) electrons. The average Bonchev–Trinajstić information content (AvgIpc) is 2.65. The molecule has 2 rings (SSSR count). The molecule has 16 heavy (non-hydrogen) atoms. The molecule has 2 atom stereocenters. The summed E-state index contributed by atoms with van der Waals surface area (Å²) < 4.78 is 0. The largest absolute Gasteiger partial charge is 0.367 e. The second-order valence-electron chi connectivity index (χ2n) is 4.76. The second-order valence-corrected chi connectivity index (χ2v) is 4.76. The topological polar surface area (TPSA) is 63.8 Å². The molecule has 1 aliphatic rings. The lowest BCUT2D eigenvalue weighted by atomic mass is 10.1. The van der Waals surface area contributed by atoms with E-state index in [1.807, 2.05) is 6.92 Å². The zero-order valence-electron chi connectivity index (χ0n) is 10.0. The van der Waals surface area contributed by atoms with Crippen molar-refractivity contribution in [3.63, 3.8) is 0 Å². The molecule has 0 aromatic carbocycles. The van der Waals surface area contributed by atoms with E-state index in [0.29, 0.717) is 6.04 Å². The fourth-order valence-corrected chi connectivity index (χ4v) is 2.33. The number of aryl methyl sites for hydroxylation is 1. The van der Waals surface area contributed by atoms with E-state index in [2.05, 4.69) is 22.2 Å². The van der Waals surface area contributed by atoms with Crippen molar-refractivity contribution in [2.45, 2.75) is 51.6 Å². The van der Waals surface area contributed by atoms with Gasteiger partial charge in [0.1, 0.15) is 12.1 Å². The van der Waals surface area contributed by atoms with Crippen LogP contribution in [0.15, 0.2) is 6.33 Å². The third-order valence-corrected chi connectivity index (χ3v) is 2.98. The molecule has 0 aliphatic heterocycles. The highest BCUT2D eigenvalue weighted by molar-refractivity contribution is 5.48. The number of nitrogens with one attached hydrogen (secondary N) is 1. The van der Waals surface area contributed by atoms with Gasteiger partial charge >= 0.3 is 0 Å². The van der Waals surface area contributed by atoms with Gasteiger partial charge in [-0.3, -0.25) is 0 Å². The monoisotopic (exact) mass is 220 g/mol. The third kappa shape index (κ3) is 2.50. The summed E-state index contributed by atoms with van der Waals surface area (Å²) in [5.74, 6) is 1.01. The van der Waals surface area contributed by atoms with Gasteiger partial charge in [-0.25, -0.2) is 9.97 Å². The zero-order chi connectivity index (χ0) is 11.5. The summed E-state index contributed by atoms with van der Waals surface area (Å²) in [6.45, 7) is 4.18. The molecule has 1 aromatic heterocycles. The molecule has 0 bridgehead atoms. The molecule has 0 fully saturated rings. The summed E-state index contributed by atoms with van der Waals surface area (Å²) in [7, 11) is 0. The number of fused-ring (bicyclic) bond motifs is 1. The Balaban J connectivity index is 2.07. The Hall–Kier alpha value is -1.16. The van der Waals surface area contributed by atoms with Crippen LogP contribution in [0, 0.1) is 0 Å². The Morgan fingerprint density at radius 2 is 2.19 bits per heavy atom. The SMILES string of the molecule is CC(N)CC(C)Nc1ncnc2c1CCC2. The lowest BCUT2D eigenvalue weighted by Gasteiger charge is -2.18. The highest BCUT2D eigenvalue weighted by atomic mass is 15.0. The van der Waals surface area contributed by atoms with Gasteiger partial charge in [0.15, 0.2) is 0 Å². The van der Waals surface area contributed by atoms with Crippen molar-refractivity contribution in [3.05, 3.63) is 17.6 Å². The van der Waals surface area contributed by atoms with Crippen LogP contribution >= 0.6 is 0 Å². The molecule has 0 saturated carbocycles. The van der Waals surface area contributed by atoms with Crippen LogP contribution in [-0.4, -0.2) is 22.1 Å². The maximum Gasteiger partial charge on any atom is 0.133 e. The summed E-state index contributed by atoms with van der Waals surface area (Å²) >= 11 is 0. The molecular formula is C12H20N4. The van der Waals surface area contributed by atoms with Crippen LogP contribution in [0.4, 0.5) is 5.82 Å². The lowest BCUT2D eigenvalue weighted by Crippen LogP contribution is -2.27. The Morgan fingerprint density at radius 3 is 2.94 bits per heavy atom. The van der Waals surface area contributed by atoms with Crippen LogP contribution in [0.5, 0.6) is 0 Å². The van der Waals surface area contributed by atoms with Crippen molar-refractivity contribution < 1.29 is 0 Å². The third-order valence-electron chi connectivity index (χ3n) is 2.98. The molecule has 0 saturated heterocycles. The van der Waals surface area contributed by atoms with Crippen molar-refractivity contribution in [2.75, 3.05) is 5.32 Å². The van der Waals surface area contributed by atoms with Crippen LogP contribution in [0.1, 0.15) is 37.9 Å². The minimum absolute atomic E-state index is 0.220. The average molecular weight is 220 g/mol. The first-order valence-corrected chi connectivity index (χ1v) is 6.01. The van der Waals surface area contributed by atoms with E-state index in [-0.39, 0.29) is 6.04 Å². The second kappa shape index (κ2) is 4.78. The highest BCUT2D eigenvalue weighted by Gasteiger charge is 2.18. The molecule has 4 heteroatoms. The van der Waals surface area contributed by atoms with Crippen molar-refractivity contribution in [3.8, 4) is 0 Å². The molecule has 1 aromatic rings. The first kappa shape index (κ1) is 11.3. The summed E-state index contributed by atoms with van der Waals surface area (Å²) in [4.78, 5) is 8.65. The molecule has 1 aliphatic carbocycles. The Kier molecular flexibility index (Phi) is 3.39. The minimum atomic E-state index is 0.220. The van der Waals surface area contributed by atoms with Crippen LogP contribution in [0.2, 0.25) is 0 Å². The van der Waals surface area contributed by atoms with Crippen LogP contribution in [0.25, 0.3) is 0 Å². The molecule has 1 heterocycles. The Labute approximate surface area is 96.7 Å². The molecule has 4 nitrogen and oxygen atoms in total. The highest BCUT2D eigenvalue weighted by Crippen LogP contribution is 2.25. The molecular weight excluding hydrogens is 200 g/mol. The maximum absolute atomic E-state index is 5.79. The van der Waals surface area contributed by atoms with Gasteiger partial charge in [-0.15, -0.1) is 0 Å². The smallest absolute Gasteiger partial charge is 0.133 e. The van der Waals surface area contributed by atoms with E-state index in [1.54, 1.807) is 6.33 Å². The number of anilines is 1. The first-order valence-electron chi connectivity index (χ1n) is 6.01. The van der Waals surface area contributed by atoms with Gasteiger partial charge in [0.2, 0.25) is 0 Å². The molecule has 0 amide bonds. The van der Waals surface area contributed by atoms with Crippen molar-refractivity contribution in [2.24, 2.45) is 5.73 Å². The summed E-state index contributed by atoms with van der Waals surface area (Å²) in [6.07, 6.45) is 6.01. The lowest BCUT2D eigenvalue weighted by molar-refractivity contribution is 0.603. The number of aromatic nitrogens is 2. The van der Waals surface area contributed by atoms with Crippen molar-refractivity contribution in [1.82, 2.24) is 9.97 Å². The molecule has 88 valence electrons. The molecule has 3 N–H and O–H groups in total. The van der Waals surface area contributed by atoms with Gasteiger partial charge in [0.25, 0.3) is 0 Å². The first-order chi connectivity index (χ1) is 7.66. The predicted molar refractivity (Wildman–Crippen MR) is 65.4 cm³/mol. The van der Waals surface area contributed by atoms with E-state index in [4.69, 9.17) is 5.73 Å². The standard InChI is InChI=1S/C12H20N4/c1-8(13)6-9(2)16-12-10-4-3-5-11(10)14-7-15-12/h7-9H,3-6,13H2,1-2H3,(H,14,15,16). The van der Waals surface area contributed by atoms with E-state index in [0.717, 1.165) is 25.1 Å². The van der Waals surface area contributed by atoms with Crippen molar-refractivity contribution in [1.29, 1.82) is 0 Å². The summed E-state index contributed by atoms with van der Waals surface area (Å²) in [5.41, 5.74) is 8.31. The van der Waals surface area contributed by atoms with Crippen LogP contribution in [0.3, 0.4) is 0 Å². The number of hydrogen-bond acceptors (Lipinski definition) is 4. The van der Waals surface area contributed by atoms with Gasteiger partial charge in [-0.05, 0) is 39.5 Å². The maximum atomic E-state index is 5.79. The minimum Gasteiger partial charge on any atom is -0.367 e.